The van der Waals surface area contributed by atoms with Crippen LogP contribution in [0.1, 0.15) is 32.6 Å². The number of hydrogen-bond donors (Lipinski definition) is 3. The van der Waals surface area contributed by atoms with Gasteiger partial charge in [-0.05, 0) is 25.7 Å². The molecule has 11 heteroatoms. The van der Waals surface area contributed by atoms with E-state index in [0.717, 1.165) is 25.0 Å². The molecule has 1 heterocycles. The van der Waals surface area contributed by atoms with Crippen LogP contribution >= 0.6 is 23.4 Å². The van der Waals surface area contributed by atoms with Gasteiger partial charge in [0.25, 0.3) is 0 Å². The normalized spacial score (nSPS) is 26.4. The molecule has 1 aliphatic carbocycles. The molecule has 0 aromatic rings. The van der Waals surface area contributed by atoms with Crippen LogP contribution in [0.15, 0.2) is 16.5 Å². The highest BCUT2D eigenvalue weighted by Gasteiger charge is 2.39. The molecule has 1 aliphatic heterocycles. The second-order valence-corrected chi connectivity index (χ2v) is 7.32. The number of nitro groups is 1. The Morgan fingerprint density at radius 3 is 3.00 bits per heavy atom. The molecule has 2 rings (SSSR count). The van der Waals surface area contributed by atoms with Gasteiger partial charge in [0.1, 0.15) is 0 Å². The lowest BCUT2D eigenvalue weighted by Crippen LogP contribution is -2.48. The summed E-state index contributed by atoms with van der Waals surface area (Å²) in [6.45, 7) is 2.28. The van der Waals surface area contributed by atoms with Crippen LogP contribution in [-0.4, -0.2) is 56.8 Å². The summed E-state index contributed by atoms with van der Waals surface area (Å²) in [4.78, 5) is 15.0. The van der Waals surface area contributed by atoms with Crippen molar-refractivity contribution < 1.29 is 14.8 Å². The van der Waals surface area contributed by atoms with Crippen molar-refractivity contribution in [2.45, 2.75) is 50.3 Å². The number of alkyl halides is 1. The number of thioether (sulfide) groups is 1. The van der Waals surface area contributed by atoms with Gasteiger partial charge in [0, 0.05) is 11.8 Å². The molecule has 0 spiro atoms. The van der Waals surface area contributed by atoms with Crippen LogP contribution in [0, 0.1) is 10.1 Å². The predicted octanol–water partition coefficient (Wildman–Crippen LogP) is 1.21. The molecule has 25 heavy (non-hydrogen) atoms. The fraction of sp³-hybridized carbons (Fsp3) is 0.786. The molecule has 4 N–H and O–H groups in total. The third-order valence-electron chi connectivity index (χ3n) is 4.02. The second kappa shape index (κ2) is 9.58. The highest BCUT2D eigenvalue weighted by Crippen LogP contribution is 2.30. The summed E-state index contributed by atoms with van der Waals surface area (Å²) in [5.41, 5.74) is -1.33. The lowest BCUT2D eigenvalue weighted by Gasteiger charge is -2.31. The van der Waals surface area contributed by atoms with E-state index in [2.05, 4.69) is 10.3 Å². The number of aliphatic imine (C=N–C) groups is 1. The van der Waals surface area contributed by atoms with E-state index in [4.69, 9.17) is 27.3 Å². The predicted molar refractivity (Wildman–Crippen MR) is 97.5 cm³/mol. The Morgan fingerprint density at radius 2 is 2.36 bits per heavy atom. The van der Waals surface area contributed by atoms with Crippen LogP contribution < -0.4 is 11.2 Å². The number of nitrogens with two attached hydrogens (primary N) is 1. The first kappa shape index (κ1) is 20.2. The molecular formula is C14H24ClN5O4S. The number of nitrogens with zero attached hydrogens (tertiary/aromatic N) is 3. The Bertz CT molecular complexity index is 547. The van der Waals surface area contributed by atoms with E-state index in [9.17, 15) is 10.1 Å². The minimum Gasteiger partial charge on any atom is -0.394 e. The standard InChI is InChI=1S/C14H24ClN5O4S/c1-2-7-25-14-17-12(15)11(20(22)23)13(18-14)19(16)9-3-4-10(8-9)24-6-5-21/h9-10,12,21H,2-8,16H2,1H3,(H,17,18)/t9-,10+,12?/m0/s1. The van der Waals surface area contributed by atoms with Crippen molar-refractivity contribution in [3.8, 4) is 0 Å². The highest BCUT2D eigenvalue weighted by atomic mass is 35.5. The lowest BCUT2D eigenvalue weighted by atomic mass is 10.2. The van der Waals surface area contributed by atoms with E-state index in [-0.39, 0.29) is 36.9 Å². The topological polar surface area (TPSA) is 126 Å². The average Bonchev–Trinajstić information content (AvgIpc) is 3.05. The number of ether oxygens (including phenoxy) is 1. The molecule has 2 aliphatic rings. The van der Waals surface area contributed by atoms with Gasteiger partial charge in [-0.2, -0.15) is 0 Å². The summed E-state index contributed by atoms with van der Waals surface area (Å²) >= 11 is 7.57. The zero-order chi connectivity index (χ0) is 18.4. The smallest absolute Gasteiger partial charge is 0.327 e. The number of hydrogen-bond acceptors (Lipinski definition) is 9. The zero-order valence-corrected chi connectivity index (χ0v) is 15.6. The average molecular weight is 394 g/mol. The molecule has 0 radical (unpaired) electrons. The molecule has 9 nitrogen and oxygen atoms in total. The molecule has 1 saturated carbocycles. The van der Waals surface area contributed by atoms with Gasteiger partial charge in [-0.1, -0.05) is 30.3 Å². The van der Waals surface area contributed by atoms with Crippen molar-refractivity contribution in [3.63, 3.8) is 0 Å². The van der Waals surface area contributed by atoms with E-state index < -0.39 is 10.4 Å². The Hall–Kier alpha value is -1.07. The number of halogens is 1. The van der Waals surface area contributed by atoms with Crippen LogP contribution in [-0.2, 0) is 4.74 Å². The fourth-order valence-electron chi connectivity index (χ4n) is 2.84. The third kappa shape index (κ3) is 5.20. The maximum atomic E-state index is 11.4. The van der Waals surface area contributed by atoms with Crippen molar-refractivity contribution in [3.05, 3.63) is 21.6 Å². The lowest BCUT2D eigenvalue weighted by molar-refractivity contribution is -0.430. The van der Waals surface area contributed by atoms with Gasteiger partial charge in [0.05, 0.1) is 24.2 Å². The van der Waals surface area contributed by atoms with Crippen molar-refractivity contribution in [2.24, 2.45) is 10.8 Å². The number of aliphatic hydroxyl groups is 1. The molecule has 0 amide bonds. The molecule has 1 unspecified atom stereocenters. The molecule has 142 valence electrons. The minimum absolute atomic E-state index is 0.0131. The molecular weight excluding hydrogens is 370 g/mol. The maximum absolute atomic E-state index is 11.4. The number of aliphatic hydroxyl groups excluding tert-OH is 1. The first-order valence-electron chi connectivity index (χ1n) is 8.24. The Morgan fingerprint density at radius 1 is 1.60 bits per heavy atom. The highest BCUT2D eigenvalue weighted by molar-refractivity contribution is 8.13. The van der Waals surface area contributed by atoms with Gasteiger partial charge < -0.3 is 15.2 Å². The van der Waals surface area contributed by atoms with Gasteiger partial charge >= 0.3 is 5.70 Å². The van der Waals surface area contributed by atoms with Crippen LogP contribution in [0.25, 0.3) is 0 Å². The van der Waals surface area contributed by atoms with E-state index >= 15 is 0 Å². The van der Waals surface area contributed by atoms with E-state index in [1.165, 1.54) is 16.8 Å². The van der Waals surface area contributed by atoms with Gasteiger partial charge in [-0.25, -0.2) is 10.8 Å². The molecule has 1 fully saturated rings. The number of hydrazine groups is 1. The van der Waals surface area contributed by atoms with Gasteiger partial charge in [0.2, 0.25) is 11.3 Å². The molecule has 0 aromatic carbocycles. The number of amidine groups is 1. The maximum Gasteiger partial charge on any atom is 0.327 e. The third-order valence-corrected chi connectivity index (χ3v) is 5.41. The Balaban J connectivity index is 2.12. The van der Waals surface area contributed by atoms with Crippen LogP contribution in [0.3, 0.4) is 0 Å². The van der Waals surface area contributed by atoms with Crippen LogP contribution in [0.2, 0.25) is 0 Å². The molecule has 3 atom stereocenters. The number of nitrogens with one attached hydrogen (secondary N) is 1. The van der Waals surface area contributed by atoms with E-state index in [1.807, 2.05) is 6.92 Å². The first-order valence-corrected chi connectivity index (χ1v) is 9.66. The zero-order valence-electron chi connectivity index (χ0n) is 14.1. The first-order chi connectivity index (χ1) is 12.0. The van der Waals surface area contributed by atoms with Crippen molar-refractivity contribution >= 4 is 28.5 Å². The summed E-state index contributed by atoms with van der Waals surface area (Å²) in [5, 5.41) is 25.2. The summed E-state index contributed by atoms with van der Waals surface area (Å²) in [6.07, 6.45) is 3.09. The number of rotatable bonds is 8. The summed E-state index contributed by atoms with van der Waals surface area (Å²) < 4.78 is 5.53. The van der Waals surface area contributed by atoms with Crippen LogP contribution in [0.4, 0.5) is 0 Å². The van der Waals surface area contributed by atoms with Crippen LogP contribution in [0.5, 0.6) is 0 Å². The fourth-order valence-corrected chi connectivity index (χ4v) is 3.93. The summed E-state index contributed by atoms with van der Waals surface area (Å²) in [5.74, 6) is 7.21. The van der Waals surface area contributed by atoms with E-state index in [1.54, 1.807) is 0 Å². The quantitative estimate of drug-likeness (QED) is 0.184. The van der Waals surface area contributed by atoms with E-state index in [0.29, 0.717) is 11.6 Å². The molecule has 0 bridgehead atoms. The Labute approximate surface area is 155 Å². The van der Waals surface area contributed by atoms with Crippen molar-refractivity contribution in [1.29, 1.82) is 0 Å². The SMILES string of the molecule is CCCSC1=NC(Cl)C([N+](=O)[O-])=C(N(N)[C@H]2CC[C@@H](OCCO)C2)N1. The monoisotopic (exact) mass is 393 g/mol. The summed E-state index contributed by atoms with van der Waals surface area (Å²) in [7, 11) is 0. The van der Waals surface area contributed by atoms with Crippen molar-refractivity contribution in [1.82, 2.24) is 10.3 Å². The Kier molecular flexibility index (Phi) is 7.76. The minimum atomic E-state index is -1.08. The van der Waals surface area contributed by atoms with Crippen molar-refractivity contribution in [2.75, 3.05) is 19.0 Å². The molecule has 0 saturated heterocycles. The summed E-state index contributed by atoms with van der Waals surface area (Å²) in [6, 6.07) is -0.111. The largest absolute Gasteiger partial charge is 0.394 e. The second-order valence-electron chi connectivity index (χ2n) is 5.83. The molecule has 0 aromatic heterocycles. The van der Waals surface area contributed by atoms with Gasteiger partial charge in [-0.15, -0.1) is 0 Å². The van der Waals surface area contributed by atoms with Gasteiger partial charge in [-0.3, -0.25) is 15.1 Å². The van der Waals surface area contributed by atoms with Gasteiger partial charge in [0.15, 0.2) is 5.17 Å².